The van der Waals surface area contributed by atoms with E-state index in [-0.39, 0.29) is 5.82 Å². The first-order chi connectivity index (χ1) is 15.2. The molecule has 0 radical (unpaired) electrons. The second kappa shape index (κ2) is 10.1. The van der Waals surface area contributed by atoms with Gasteiger partial charge < -0.3 is 0 Å². The third-order valence-corrected chi connectivity index (χ3v) is 6.78. The fraction of sp³-hybridized carbons (Fsp3) is 0.333. The van der Waals surface area contributed by atoms with Crippen LogP contribution in [0.3, 0.4) is 0 Å². The highest BCUT2D eigenvalue weighted by molar-refractivity contribution is 5.88. The normalized spacial score (nSPS) is 19.6. The molecule has 0 amide bonds. The van der Waals surface area contributed by atoms with Gasteiger partial charge in [0.05, 0.1) is 0 Å². The molecule has 1 heteroatoms. The van der Waals surface area contributed by atoms with Gasteiger partial charge in [-0.1, -0.05) is 78.9 Å². The lowest BCUT2D eigenvalue weighted by molar-refractivity contribution is 0.376. The lowest BCUT2D eigenvalue weighted by atomic mass is 9.78. The number of hydrogen-bond donors (Lipinski definition) is 0. The molecule has 0 bridgehead atoms. The molecule has 1 fully saturated rings. The molecule has 0 aromatic heterocycles. The van der Waals surface area contributed by atoms with Crippen molar-refractivity contribution in [3.8, 4) is 11.1 Å². The number of aryl methyl sites for hydroxylation is 1. The van der Waals surface area contributed by atoms with Gasteiger partial charge in [0, 0.05) is 10.9 Å². The zero-order valence-corrected chi connectivity index (χ0v) is 18.8. The number of allylic oxidation sites excluding steroid dienone is 4. The van der Waals surface area contributed by atoms with Gasteiger partial charge in [0.25, 0.3) is 0 Å². The van der Waals surface area contributed by atoms with Crippen LogP contribution in [-0.4, -0.2) is 0 Å². The third-order valence-electron chi connectivity index (χ3n) is 6.78. The van der Waals surface area contributed by atoms with Crippen LogP contribution >= 0.6 is 0 Å². The Labute approximate surface area is 186 Å². The van der Waals surface area contributed by atoms with Crippen LogP contribution in [0.4, 0.5) is 4.39 Å². The van der Waals surface area contributed by atoms with E-state index in [1.807, 2.05) is 19.1 Å². The summed E-state index contributed by atoms with van der Waals surface area (Å²) < 4.78 is 15.3. The lowest BCUT2D eigenvalue weighted by Crippen LogP contribution is -2.11. The van der Waals surface area contributed by atoms with Gasteiger partial charge in [0.1, 0.15) is 5.82 Å². The fourth-order valence-electron chi connectivity index (χ4n) is 4.99. The first-order valence-corrected chi connectivity index (χ1v) is 11.7. The van der Waals surface area contributed by atoms with Gasteiger partial charge in [-0.2, -0.15) is 0 Å². The standard InChI is InChI=1S/C30H33F/c1-3-5-6-8-23-11-19-29-27(21-23)18-20-28(30(29)31)26-16-14-25(15-17-26)24-12-9-22(7-4-2)10-13-24/h3-5,7,11,14-22,24H,6,8-10,12-13H2,1-2H3/b5-3+,7-4+. The Morgan fingerprint density at radius 3 is 2.35 bits per heavy atom. The van der Waals surface area contributed by atoms with Gasteiger partial charge in [-0.15, -0.1) is 0 Å². The molecule has 0 unspecified atom stereocenters. The monoisotopic (exact) mass is 412 g/mol. The van der Waals surface area contributed by atoms with E-state index in [2.05, 4.69) is 73.7 Å². The molecule has 1 aliphatic carbocycles. The molecule has 0 aliphatic heterocycles. The Morgan fingerprint density at radius 2 is 1.65 bits per heavy atom. The average Bonchev–Trinajstić information content (AvgIpc) is 2.80. The molecule has 31 heavy (non-hydrogen) atoms. The molecular formula is C30H33F. The molecule has 0 saturated heterocycles. The second-order valence-corrected chi connectivity index (χ2v) is 8.85. The Bertz CT molecular complexity index is 1060. The first-order valence-electron chi connectivity index (χ1n) is 11.7. The molecule has 0 heterocycles. The van der Waals surface area contributed by atoms with E-state index >= 15 is 4.39 Å². The van der Waals surface area contributed by atoms with Crippen LogP contribution < -0.4 is 0 Å². The molecule has 3 aromatic rings. The van der Waals surface area contributed by atoms with Gasteiger partial charge in [-0.25, -0.2) is 4.39 Å². The van der Waals surface area contributed by atoms with Gasteiger partial charge in [-0.05, 0) is 86.3 Å². The van der Waals surface area contributed by atoms with Crippen molar-refractivity contribution in [3.63, 3.8) is 0 Å². The van der Waals surface area contributed by atoms with Crippen molar-refractivity contribution < 1.29 is 4.39 Å². The molecular weight excluding hydrogens is 379 g/mol. The fourth-order valence-corrected chi connectivity index (χ4v) is 4.99. The van der Waals surface area contributed by atoms with Crippen molar-refractivity contribution in [2.75, 3.05) is 0 Å². The third kappa shape index (κ3) is 4.98. The van der Waals surface area contributed by atoms with E-state index in [0.717, 1.165) is 29.7 Å². The van der Waals surface area contributed by atoms with Crippen LogP contribution in [0.5, 0.6) is 0 Å². The summed E-state index contributed by atoms with van der Waals surface area (Å²) in [6, 6.07) is 18.7. The van der Waals surface area contributed by atoms with Crippen LogP contribution in [0, 0.1) is 11.7 Å². The molecule has 0 spiro atoms. The van der Waals surface area contributed by atoms with Crippen LogP contribution in [0.25, 0.3) is 21.9 Å². The van der Waals surface area contributed by atoms with E-state index in [1.165, 1.54) is 36.8 Å². The van der Waals surface area contributed by atoms with Crippen LogP contribution in [-0.2, 0) is 6.42 Å². The highest BCUT2D eigenvalue weighted by Gasteiger charge is 2.21. The molecule has 0 atom stereocenters. The molecule has 1 aliphatic rings. The minimum atomic E-state index is -0.114. The average molecular weight is 413 g/mol. The zero-order valence-electron chi connectivity index (χ0n) is 18.8. The van der Waals surface area contributed by atoms with Crippen LogP contribution in [0.15, 0.2) is 78.9 Å². The van der Waals surface area contributed by atoms with E-state index in [9.17, 15) is 0 Å². The largest absolute Gasteiger partial charge is 0.206 e. The SMILES string of the molecule is C/C=C/CCc1ccc2c(F)c(-c3ccc(C4CCC(/C=C/C)CC4)cc3)ccc2c1. The summed E-state index contributed by atoms with van der Waals surface area (Å²) in [5.74, 6) is 1.27. The van der Waals surface area contributed by atoms with Gasteiger partial charge in [0.15, 0.2) is 0 Å². The minimum Gasteiger partial charge on any atom is -0.206 e. The molecule has 1 saturated carbocycles. The Balaban J connectivity index is 1.52. The second-order valence-electron chi connectivity index (χ2n) is 8.85. The number of halogens is 1. The summed E-state index contributed by atoms with van der Waals surface area (Å²) in [6.45, 7) is 4.15. The summed E-state index contributed by atoms with van der Waals surface area (Å²) in [5.41, 5.74) is 4.31. The van der Waals surface area contributed by atoms with Crippen molar-refractivity contribution in [2.24, 2.45) is 5.92 Å². The summed E-state index contributed by atoms with van der Waals surface area (Å²) >= 11 is 0. The maximum absolute atomic E-state index is 15.3. The van der Waals surface area contributed by atoms with Crippen molar-refractivity contribution in [1.29, 1.82) is 0 Å². The molecule has 0 N–H and O–H groups in total. The Morgan fingerprint density at radius 1 is 0.871 bits per heavy atom. The van der Waals surface area contributed by atoms with Gasteiger partial charge in [0.2, 0.25) is 0 Å². The van der Waals surface area contributed by atoms with Crippen LogP contribution in [0.1, 0.15) is 63.0 Å². The Hall–Kier alpha value is -2.67. The number of fused-ring (bicyclic) bond motifs is 1. The highest BCUT2D eigenvalue weighted by atomic mass is 19.1. The first kappa shape index (κ1) is 21.6. The van der Waals surface area contributed by atoms with E-state index in [4.69, 9.17) is 0 Å². The van der Waals surface area contributed by atoms with Crippen LogP contribution in [0.2, 0.25) is 0 Å². The number of hydrogen-bond acceptors (Lipinski definition) is 0. The van der Waals surface area contributed by atoms with Gasteiger partial charge in [-0.3, -0.25) is 0 Å². The quantitative estimate of drug-likeness (QED) is 0.354. The summed E-state index contributed by atoms with van der Waals surface area (Å²) in [4.78, 5) is 0. The molecule has 160 valence electrons. The van der Waals surface area contributed by atoms with Crippen molar-refractivity contribution in [2.45, 2.75) is 58.3 Å². The highest BCUT2D eigenvalue weighted by Crippen LogP contribution is 2.37. The number of rotatable bonds is 6. The molecule has 3 aromatic carbocycles. The summed E-state index contributed by atoms with van der Waals surface area (Å²) in [7, 11) is 0. The topological polar surface area (TPSA) is 0 Å². The minimum absolute atomic E-state index is 0.114. The molecule has 4 rings (SSSR count). The smallest absolute Gasteiger partial charge is 0.138 e. The number of benzene rings is 3. The van der Waals surface area contributed by atoms with E-state index in [1.54, 1.807) is 0 Å². The molecule has 0 nitrogen and oxygen atoms in total. The maximum Gasteiger partial charge on any atom is 0.138 e. The zero-order chi connectivity index (χ0) is 21.6. The lowest BCUT2D eigenvalue weighted by Gasteiger charge is -2.27. The Kier molecular flexibility index (Phi) is 7.02. The van der Waals surface area contributed by atoms with E-state index in [0.29, 0.717) is 16.9 Å². The van der Waals surface area contributed by atoms with Gasteiger partial charge >= 0.3 is 0 Å². The predicted molar refractivity (Wildman–Crippen MR) is 132 cm³/mol. The van der Waals surface area contributed by atoms with Crippen molar-refractivity contribution in [1.82, 2.24) is 0 Å². The summed E-state index contributed by atoms with van der Waals surface area (Å²) in [5, 5.41) is 1.69. The summed E-state index contributed by atoms with van der Waals surface area (Å²) in [6.07, 6.45) is 15.8. The van der Waals surface area contributed by atoms with Crippen molar-refractivity contribution >= 4 is 10.8 Å². The predicted octanol–water partition coefficient (Wildman–Crippen LogP) is 9.00. The van der Waals surface area contributed by atoms with Crippen molar-refractivity contribution in [3.05, 3.63) is 95.8 Å². The van der Waals surface area contributed by atoms with E-state index < -0.39 is 0 Å². The maximum atomic E-state index is 15.3.